The van der Waals surface area contributed by atoms with Gasteiger partial charge in [-0.2, -0.15) is 18.3 Å². The number of hydrogen-bond acceptors (Lipinski definition) is 2. The van der Waals surface area contributed by atoms with Crippen molar-refractivity contribution in [2.24, 2.45) is 0 Å². The molecular weight excluding hydrogens is 381 g/mol. The Labute approximate surface area is 166 Å². The van der Waals surface area contributed by atoms with Crippen molar-refractivity contribution in [3.8, 4) is 0 Å². The molecule has 5 nitrogen and oxygen atoms in total. The van der Waals surface area contributed by atoms with Gasteiger partial charge in [-0.05, 0) is 44.5 Å². The average Bonchev–Trinajstić information content (AvgIpc) is 2.90. The van der Waals surface area contributed by atoms with Crippen LogP contribution in [0.4, 0.5) is 29.3 Å². The van der Waals surface area contributed by atoms with E-state index in [1.54, 1.807) is 11.6 Å². The first-order chi connectivity index (χ1) is 13.6. The normalized spacial score (nSPS) is 11.4. The van der Waals surface area contributed by atoms with Crippen LogP contribution in [-0.4, -0.2) is 15.8 Å². The average molecular weight is 402 g/mol. The van der Waals surface area contributed by atoms with E-state index in [1.165, 1.54) is 12.1 Å². The van der Waals surface area contributed by atoms with E-state index in [1.807, 2.05) is 38.1 Å². The van der Waals surface area contributed by atoms with Crippen LogP contribution in [0, 0.1) is 20.8 Å². The summed E-state index contributed by atoms with van der Waals surface area (Å²) < 4.78 is 40.2. The first kappa shape index (κ1) is 20.4. The quantitative estimate of drug-likeness (QED) is 0.604. The van der Waals surface area contributed by atoms with E-state index < -0.39 is 17.8 Å². The Balaban J connectivity index is 1.72. The molecule has 29 heavy (non-hydrogen) atoms. The first-order valence-electron chi connectivity index (χ1n) is 8.98. The number of carbonyl (C=O) groups is 1. The molecule has 0 radical (unpaired) electrons. The summed E-state index contributed by atoms with van der Waals surface area (Å²) in [5.74, 6) is 0. The fraction of sp³-hybridized carbons (Fsp3) is 0.238. The maximum atomic E-state index is 12.8. The topological polar surface area (TPSA) is 59.0 Å². The highest BCUT2D eigenvalue weighted by Crippen LogP contribution is 2.30. The second-order valence-electron chi connectivity index (χ2n) is 6.85. The molecule has 0 atom stereocenters. The highest BCUT2D eigenvalue weighted by atomic mass is 19.4. The molecule has 8 heteroatoms. The second-order valence-corrected chi connectivity index (χ2v) is 6.85. The fourth-order valence-corrected chi connectivity index (χ4v) is 2.95. The van der Waals surface area contributed by atoms with Gasteiger partial charge in [0.25, 0.3) is 0 Å². The van der Waals surface area contributed by atoms with Crippen LogP contribution in [0.2, 0.25) is 0 Å². The van der Waals surface area contributed by atoms with Crippen LogP contribution in [0.15, 0.2) is 48.5 Å². The van der Waals surface area contributed by atoms with Gasteiger partial charge in [0.15, 0.2) is 0 Å². The summed E-state index contributed by atoms with van der Waals surface area (Å²) in [6, 6.07) is 11.9. The van der Waals surface area contributed by atoms with Crippen molar-refractivity contribution in [3.63, 3.8) is 0 Å². The number of halogens is 3. The molecule has 1 heterocycles. The Morgan fingerprint density at radius 1 is 1.03 bits per heavy atom. The highest BCUT2D eigenvalue weighted by Gasteiger charge is 2.30. The third-order valence-corrected chi connectivity index (χ3v) is 4.52. The Kier molecular flexibility index (Phi) is 5.63. The van der Waals surface area contributed by atoms with Crippen molar-refractivity contribution >= 4 is 17.4 Å². The van der Waals surface area contributed by atoms with E-state index in [4.69, 9.17) is 0 Å². The Hall–Kier alpha value is -3.29. The molecule has 0 bridgehead atoms. The number of amides is 2. The van der Waals surface area contributed by atoms with Crippen molar-refractivity contribution in [1.29, 1.82) is 0 Å². The predicted molar refractivity (Wildman–Crippen MR) is 106 cm³/mol. The van der Waals surface area contributed by atoms with Crippen molar-refractivity contribution in [1.82, 2.24) is 9.78 Å². The number of carbonyl (C=O) groups excluding carboxylic acids is 1. The number of anilines is 2. The van der Waals surface area contributed by atoms with Gasteiger partial charge in [-0.3, -0.25) is 4.68 Å². The van der Waals surface area contributed by atoms with Gasteiger partial charge in [-0.1, -0.05) is 35.9 Å². The Morgan fingerprint density at radius 2 is 1.72 bits per heavy atom. The van der Waals surface area contributed by atoms with Crippen LogP contribution >= 0.6 is 0 Å². The number of hydrogen-bond donors (Lipinski definition) is 2. The van der Waals surface area contributed by atoms with E-state index in [0.29, 0.717) is 17.9 Å². The first-order valence-corrected chi connectivity index (χ1v) is 8.98. The molecule has 0 aliphatic heterocycles. The summed E-state index contributed by atoms with van der Waals surface area (Å²) in [7, 11) is 0. The van der Waals surface area contributed by atoms with Crippen LogP contribution in [0.3, 0.4) is 0 Å². The van der Waals surface area contributed by atoms with Crippen LogP contribution < -0.4 is 10.6 Å². The molecule has 0 aliphatic carbocycles. The lowest BCUT2D eigenvalue weighted by atomic mass is 10.1. The molecule has 0 saturated heterocycles. The van der Waals surface area contributed by atoms with Crippen LogP contribution in [0.1, 0.15) is 28.1 Å². The van der Waals surface area contributed by atoms with Gasteiger partial charge in [0.2, 0.25) is 0 Å². The van der Waals surface area contributed by atoms with Crippen LogP contribution in [0.25, 0.3) is 0 Å². The number of rotatable bonds is 4. The smallest absolute Gasteiger partial charge is 0.308 e. The maximum absolute atomic E-state index is 12.8. The molecule has 1 aromatic heterocycles. The number of aromatic nitrogens is 2. The molecule has 2 amide bonds. The van der Waals surface area contributed by atoms with Gasteiger partial charge in [0, 0.05) is 5.69 Å². The molecule has 152 valence electrons. The SMILES string of the molecule is Cc1ccc(Cn2nc(C)c(NC(=O)Nc3cccc(C(F)(F)F)c3)c2C)cc1. The largest absolute Gasteiger partial charge is 0.416 e. The molecule has 0 fully saturated rings. The Bertz CT molecular complexity index is 1020. The zero-order valence-electron chi connectivity index (χ0n) is 16.3. The molecule has 3 rings (SSSR count). The summed E-state index contributed by atoms with van der Waals surface area (Å²) >= 11 is 0. The van der Waals surface area contributed by atoms with Gasteiger partial charge in [0.1, 0.15) is 0 Å². The zero-order chi connectivity index (χ0) is 21.2. The number of nitrogens with one attached hydrogen (secondary N) is 2. The van der Waals surface area contributed by atoms with Crippen molar-refractivity contribution in [3.05, 3.63) is 76.6 Å². The number of benzene rings is 2. The van der Waals surface area contributed by atoms with E-state index >= 15 is 0 Å². The summed E-state index contributed by atoms with van der Waals surface area (Å²) in [5.41, 5.74) is 3.36. The molecule has 2 aromatic carbocycles. The number of nitrogens with zero attached hydrogens (tertiary/aromatic N) is 2. The minimum absolute atomic E-state index is 0.0553. The summed E-state index contributed by atoms with van der Waals surface area (Å²) in [6.07, 6.45) is -4.47. The number of urea groups is 1. The Morgan fingerprint density at radius 3 is 2.38 bits per heavy atom. The van der Waals surface area contributed by atoms with E-state index in [0.717, 1.165) is 29.0 Å². The molecule has 0 spiro atoms. The third kappa shape index (κ3) is 4.96. The molecule has 0 unspecified atom stereocenters. The molecule has 0 saturated carbocycles. The summed E-state index contributed by atoms with van der Waals surface area (Å²) in [6.45, 7) is 6.15. The number of alkyl halides is 3. The third-order valence-electron chi connectivity index (χ3n) is 4.52. The highest BCUT2D eigenvalue weighted by molar-refractivity contribution is 6.00. The van der Waals surface area contributed by atoms with E-state index in [2.05, 4.69) is 15.7 Å². The standard InChI is InChI=1S/C21H21F3N4O/c1-13-7-9-16(10-8-13)12-28-15(3)19(14(2)27-28)26-20(29)25-18-6-4-5-17(11-18)21(22,23)24/h4-11H,12H2,1-3H3,(H2,25,26,29). The number of aryl methyl sites for hydroxylation is 2. The molecule has 0 aliphatic rings. The van der Waals surface area contributed by atoms with Crippen molar-refractivity contribution < 1.29 is 18.0 Å². The van der Waals surface area contributed by atoms with Crippen LogP contribution in [0.5, 0.6) is 0 Å². The second kappa shape index (κ2) is 7.98. The van der Waals surface area contributed by atoms with Crippen molar-refractivity contribution in [2.45, 2.75) is 33.5 Å². The van der Waals surface area contributed by atoms with Crippen molar-refractivity contribution in [2.75, 3.05) is 10.6 Å². The maximum Gasteiger partial charge on any atom is 0.416 e. The lowest BCUT2D eigenvalue weighted by Gasteiger charge is -2.11. The van der Waals surface area contributed by atoms with E-state index in [9.17, 15) is 18.0 Å². The summed E-state index contributed by atoms with van der Waals surface area (Å²) in [5, 5.41) is 9.58. The van der Waals surface area contributed by atoms with E-state index in [-0.39, 0.29) is 5.69 Å². The fourth-order valence-electron chi connectivity index (χ4n) is 2.95. The minimum Gasteiger partial charge on any atom is -0.308 e. The lowest BCUT2D eigenvalue weighted by molar-refractivity contribution is -0.137. The molecular formula is C21H21F3N4O. The molecule has 2 N–H and O–H groups in total. The molecule has 3 aromatic rings. The lowest BCUT2D eigenvalue weighted by Crippen LogP contribution is -2.20. The van der Waals surface area contributed by atoms with Gasteiger partial charge in [0.05, 0.1) is 29.2 Å². The summed E-state index contributed by atoms with van der Waals surface area (Å²) in [4.78, 5) is 12.3. The van der Waals surface area contributed by atoms with Gasteiger partial charge < -0.3 is 10.6 Å². The van der Waals surface area contributed by atoms with Gasteiger partial charge in [-0.25, -0.2) is 4.79 Å². The van der Waals surface area contributed by atoms with Gasteiger partial charge in [-0.15, -0.1) is 0 Å². The minimum atomic E-state index is -4.47. The zero-order valence-corrected chi connectivity index (χ0v) is 16.3. The predicted octanol–water partition coefficient (Wildman–Crippen LogP) is 5.52. The van der Waals surface area contributed by atoms with Gasteiger partial charge >= 0.3 is 12.2 Å². The monoisotopic (exact) mass is 402 g/mol. The van der Waals surface area contributed by atoms with Crippen LogP contribution in [-0.2, 0) is 12.7 Å².